The number of nitrogens with one attached hydrogen (secondary N) is 1. The molecule has 0 aliphatic carbocycles. The van der Waals surface area contributed by atoms with Crippen molar-refractivity contribution in [3.8, 4) is 5.75 Å². The van der Waals surface area contributed by atoms with Gasteiger partial charge in [0.15, 0.2) is 0 Å². The molecule has 6 nitrogen and oxygen atoms in total. The van der Waals surface area contributed by atoms with E-state index in [4.69, 9.17) is 0 Å². The fraction of sp³-hybridized carbons (Fsp3) is 0.579. The van der Waals surface area contributed by atoms with Crippen molar-refractivity contribution in [2.45, 2.75) is 39.8 Å². The maximum Gasteiger partial charge on any atom is 0.387 e. The predicted octanol–water partition coefficient (Wildman–Crippen LogP) is 3.08. The molecule has 1 N–H and O–H groups in total. The first-order valence-corrected chi connectivity index (χ1v) is 9.30. The maximum atomic E-state index is 12.5. The van der Waals surface area contributed by atoms with Crippen LogP contribution in [-0.4, -0.2) is 54.5 Å². The number of urea groups is 1. The lowest BCUT2D eigenvalue weighted by Gasteiger charge is -2.34. The number of piperidine rings is 1. The van der Waals surface area contributed by atoms with Crippen LogP contribution in [0.2, 0.25) is 0 Å². The van der Waals surface area contributed by atoms with Gasteiger partial charge in [0.2, 0.25) is 5.91 Å². The van der Waals surface area contributed by atoms with Crippen molar-refractivity contribution in [2.75, 3.05) is 26.2 Å². The van der Waals surface area contributed by atoms with Gasteiger partial charge in [-0.05, 0) is 32.8 Å². The zero-order valence-corrected chi connectivity index (χ0v) is 15.8. The molecule has 0 aromatic heterocycles. The predicted molar refractivity (Wildman–Crippen MR) is 97.5 cm³/mol. The molecule has 1 aliphatic heterocycles. The van der Waals surface area contributed by atoms with E-state index in [9.17, 15) is 18.4 Å². The molecule has 1 aromatic rings. The lowest BCUT2D eigenvalue weighted by Crippen LogP contribution is -2.48. The van der Waals surface area contributed by atoms with Gasteiger partial charge in [0.05, 0.1) is 0 Å². The van der Waals surface area contributed by atoms with Gasteiger partial charge in [0.25, 0.3) is 0 Å². The van der Waals surface area contributed by atoms with Gasteiger partial charge >= 0.3 is 12.6 Å². The molecule has 150 valence electrons. The van der Waals surface area contributed by atoms with E-state index in [0.717, 1.165) is 0 Å². The van der Waals surface area contributed by atoms with Crippen LogP contribution in [0.3, 0.4) is 0 Å². The number of carbonyl (C=O) groups is 2. The maximum absolute atomic E-state index is 12.5. The van der Waals surface area contributed by atoms with Gasteiger partial charge in [-0.2, -0.15) is 8.78 Å². The molecule has 0 spiro atoms. The third-order valence-electron chi connectivity index (χ3n) is 4.81. The van der Waals surface area contributed by atoms with Gasteiger partial charge in [-0.1, -0.05) is 18.2 Å². The van der Waals surface area contributed by atoms with Crippen LogP contribution in [0.4, 0.5) is 13.6 Å². The van der Waals surface area contributed by atoms with Crippen molar-refractivity contribution in [3.63, 3.8) is 0 Å². The van der Waals surface area contributed by atoms with Crippen LogP contribution in [0.1, 0.15) is 32.3 Å². The van der Waals surface area contributed by atoms with Crippen LogP contribution in [-0.2, 0) is 11.3 Å². The number of rotatable bonds is 7. The smallest absolute Gasteiger partial charge is 0.387 e. The molecule has 0 saturated carbocycles. The van der Waals surface area contributed by atoms with Gasteiger partial charge in [-0.15, -0.1) is 0 Å². The second-order valence-corrected chi connectivity index (χ2v) is 6.42. The Morgan fingerprint density at radius 1 is 1.22 bits per heavy atom. The second-order valence-electron chi connectivity index (χ2n) is 6.42. The van der Waals surface area contributed by atoms with Gasteiger partial charge in [0.1, 0.15) is 5.75 Å². The van der Waals surface area contributed by atoms with Crippen molar-refractivity contribution < 1.29 is 23.1 Å². The minimum Gasteiger partial charge on any atom is -0.434 e. The Balaban J connectivity index is 1.84. The fourth-order valence-corrected chi connectivity index (χ4v) is 3.21. The molecular weight excluding hydrogens is 356 g/mol. The molecule has 1 aliphatic rings. The zero-order valence-electron chi connectivity index (χ0n) is 15.8. The van der Waals surface area contributed by atoms with Crippen LogP contribution in [0.5, 0.6) is 5.75 Å². The molecule has 3 amide bonds. The summed E-state index contributed by atoms with van der Waals surface area (Å²) in [5.74, 6) is -0.252. The molecule has 8 heteroatoms. The molecule has 0 atom stereocenters. The Hall–Kier alpha value is -2.38. The highest BCUT2D eigenvalue weighted by atomic mass is 19.3. The van der Waals surface area contributed by atoms with E-state index in [-0.39, 0.29) is 30.2 Å². The Kier molecular flexibility index (Phi) is 7.82. The molecular formula is C19H27F2N3O3. The SMILES string of the molecule is CCN(CC)C(=O)N1CCC(C(=O)NCc2ccccc2OC(F)F)CC1. The Labute approximate surface area is 158 Å². The summed E-state index contributed by atoms with van der Waals surface area (Å²) in [4.78, 5) is 28.3. The molecule has 1 saturated heterocycles. The molecule has 1 aromatic carbocycles. The highest BCUT2D eigenvalue weighted by molar-refractivity contribution is 5.79. The van der Waals surface area contributed by atoms with Gasteiger partial charge in [-0.25, -0.2) is 4.79 Å². The Morgan fingerprint density at radius 3 is 2.44 bits per heavy atom. The van der Waals surface area contributed by atoms with Crippen molar-refractivity contribution in [3.05, 3.63) is 29.8 Å². The van der Waals surface area contributed by atoms with Crippen molar-refractivity contribution >= 4 is 11.9 Å². The largest absolute Gasteiger partial charge is 0.434 e. The van der Waals surface area contributed by atoms with E-state index in [1.165, 1.54) is 6.07 Å². The molecule has 0 radical (unpaired) electrons. The average molecular weight is 383 g/mol. The summed E-state index contributed by atoms with van der Waals surface area (Å²) in [6, 6.07) is 6.41. The zero-order chi connectivity index (χ0) is 19.8. The van der Waals surface area contributed by atoms with Crippen molar-refractivity contribution in [1.29, 1.82) is 0 Å². The number of halogens is 2. The summed E-state index contributed by atoms with van der Waals surface area (Å²) in [6.45, 7) is 3.51. The summed E-state index contributed by atoms with van der Waals surface area (Å²) in [7, 11) is 0. The topological polar surface area (TPSA) is 61.9 Å². The van der Waals surface area contributed by atoms with E-state index < -0.39 is 6.61 Å². The second kappa shape index (κ2) is 10.1. The van der Waals surface area contributed by atoms with Crippen LogP contribution in [0.25, 0.3) is 0 Å². The summed E-state index contributed by atoms with van der Waals surface area (Å²) in [6.07, 6.45) is 1.18. The van der Waals surface area contributed by atoms with Crippen LogP contribution < -0.4 is 10.1 Å². The summed E-state index contributed by atoms with van der Waals surface area (Å²) in [5, 5.41) is 2.79. The molecule has 1 fully saturated rings. The first-order chi connectivity index (χ1) is 13.0. The van der Waals surface area contributed by atoms with Crippen LogP contribution >= 0.6 is 0 Å². The first-order valence-electron chi connectivity index (χ1n) is 9.30. The summed E-state index contributed by atoms with van der Waals surface area (Å²) >= 11 is 0. The standard InChI is InChI=1S/C19H27F2N3O3/c1-3-23(4-2)19(26)24-11-9-14(10-12-24)17(25)22-13-15-7-5-6-8-16(15)27-18(20)21/h5-8,14,18H,3-4,9-13H2,1-2H3,(H,22,25). The first kappa shape index (κ1) is 20.9. The van der Waals surface area contributed by atoms with Gasteiger partial charge in [-0.3, -0.25) is 4.79 Å². The Morgan fingerprint density at radius 2 is 1.85 bits per heavy atom. The third-order valence-corrected chi connectivity index (χ3v) is 4.81. The van der Waals surface area contributed by atoms with E-state index in [1.807, 2.05) is 13.8 Å². The van der Waals surface area contributed by atoms with Gasteiger partial charge in [0, 0.05) is 44.2 Å². The number of hydrogen-bond donors (Lipinski definition) is 1. The number of para-hydroxylation sites is 1. The fourth-order valence-electron chi connectivity index (χ4n) is 3.21. The molecule has 0 bridgehead atoms. The number of alkyl halides is 2. The van der Waals surface area contributed by atoms with Crippen molar-refractivity contribution in [2.24, 2.45) is 5.92 Å². The minimum atomic E-state index is -2.91. The number of nitrogens with zero attached hydrogens (tertiary/aromatic N) is 2. The minimum absolute atomic E-state index is 0.0110. The highest BCUT2D eigenvalue weighted by Gasteiger charge is 2.28. The third kappa shape index (κ3) is 5.80. The van der Waals surface area contributed by atoms with E-state index in [0.29, 0.717) is 44.6 Å². The number of benzene rings is 1. The molecule has 1 heterocycles. The molecule has 27 heavy (non-hydrogen) atoms. The highest BCUT2D eigenvalue weighted by Crippen LogP contribution is 2.22. The number of ether oxygens (including phenoxy) is 1. The average Bonchev–Trinajstić information content (AvgIpc) is 2.67. The normalized spacial score (nSPS) is 14.9. The number of carbonyl (C=O) groups excluding carboxylic acids is 2. The van der Waals surface area contributed by atoms with E-state index >= 15 is 0 Å². The summed E-state index contributed by atoms with van der Waals surface area (Å²) in [5.41, 5.74) is 0.500. The molecule has 0 unspecified atom stereocenters. The lowest BCUT2D eigenvalue weighted by molar-refractivity contribution is -0.126. The molecule has 2 rings (SSSR count). The van der Waals surface area contributed by atoms with E-state index in [1.54, 1.807) is 28.0 Å². The summed E-state index contributed by atoms with van der Waals surface area (Å²) < 4.78 is 29.4. The Bertz CT molecular complexity index is 630. The lowest BCUT2D eigenvalue weighted by atomic mass is 9.96. The van der Waals surface area contributed by atoms with Gasteiger partial charge < -0.3 is 19.9 Å². The monoisotopic (exact) mass is 383 g/mol. The number of hydrogen-bond acceptors (Lipinski definition) is 3. The van der Waals surface area contributed by atoms with Crippen molar-refractivity contribution in [1.82, 2.24) is 15.1 Å². The van der Waals surface area contributed by atoms with E-state index in [2.05, 4.69) is 10.1 Å². The van der Waals surface area contributed by atoms with Crippen LogP contribution in [0.15, 0.2) is 24.3 Å². The number of likely N-dealkylation sites (tertiary alicyclic amines) is 1. The van der Waals surface area contributed by atoms with Crippen LogP contribution in [0, 0.1) is 5.92 Å². The number of amides is 3. The quantitative estimate of drug-likeness (QED) is 0.787.